The normalized spacial score (nSPS) is 11.1. The average molecular weight is 340 g/mol. The maximum Gasteiger partial charge on any atom is 0.307 e. The lowest BCUT2D eigenvalue weighted by Gasteiger charge is -2.07. The average Bonchev–Trinajstić information content (AvgIpc) is 3.03. The molecule has 9 heteroatoms. The SMILES string of the molecule is [O-][N+](=Nc1nonc1NC(=S)Nc1ccccc1)c1ccccc1. The molecule has 0 spiro atoms. The Bertz CT molecular complexity index is 851. The summed E-state index contributed by atoms with van der Waals surface area (Å²) in [5, 5.41) is 29.1. The maximum absolute atomic E-state index is 12.0. The van der Waals surface area contributed by atoms with E-state index in [2.05, 4.69) is 30.7 Å². The van der Waals surface area contributed by atoms with Gasteiger partial charge in [-0.2, -0.15) is 0 Å². The van der Waals surface area contributed by atoms with E-state index in [-0.39, 0.29) is 16.7 Å². The Balaban J connectivity index is 1.72. The second-order valence-corrected chi connectivity index (χ2v) is 5.00. The van der Waals surface area contributed by atoms with Crippen LogP contribution in [0.1, 0.15) is 0 Å². The van der Waals surface area contributed by atoms with Gasteiger partial charge in [0.2, 0.25) is 11.5 Å². The molecule has 120 valence electrons. The number of rotatable bonds is 4. The molecular formula is C15H12N6O2S. The van der Waals surface area contributed by atoms with E-state index in [0.717, 1.165) is 5.69 Å². The fourth-order valence-electron chi connectivity index (χ4n) is 1.82. The summed E-state index contributed by atoms with van der Waals surface area (Å²) in [7, 11) is 0. The van der Waals surface area contributed by atoms with Crippen LogP contribution in [-0.2, 0) is 0 Å². The number of nitrogens with zero attached hydrogens (tertiary/aromatic N) is 4. The Morgan fingerprint density at radius 3 is 2.38 bits per heavy atom. The molecule has 2 aromatic carbocycles. The van der Waals surface area contributed by atoms with Crippen LogP contribution in [0, 0.1) is 5.21 Å². The van der Waals surface area contributed by atoms with Gasteiger partial charge in [0.1, 0.15) is 0 Å². The molecular weight excluding hydrogens is 328 g/mol. The van der Waals surface area contributed by atoms with Crippen LogP contribution in [0.3, 0.4) is 0 Å². The van der Waals surface area contributed by atoms with Gasteiger partial charge in [-0.05, 0) is 39.5 Å². The highest BCUT2D eigenvalue weighted by molar-refractivity contribution is 7.80. The van der Waals surface area contributed by atoms with Gasteiger partial charge in [0.05, 0.1) is 0 Å². The Morgan fingerprint density at radius 2 is 1.67 bits per heavy atom. The van der Waals surface area contributed by atoms with E-state index in [1.165, 1.54) is 0 Å². The Morgan fingerprint density at radius 1 is 1.00 bits per heavy atom. The van der Waals surface area contributed by atoms with Crippen molar-refractivity contribution in [1.29, 1.82) is 0 Å². The molecule has 0 aliphatic carbocycles. The van der Waals surface area contributed by atoms with Gasteiger partial charge in [0, 0.05) is 22.9 Å². The lowest BCUT2D eigenvalue weighted by Crippen LogP contribution is -2.19. The first-order chi connectivity index (χ1) is 11.7. The summed E-state index contributed by atoms with van der Waals surface area (Å²) < 4.78 is 4.62. The van der Waals surface area contributed by atoms with Crippen LogP contribution in [0.5, 0.6) is 0 Å². The minimum Gasteiger partial charge on any atom is -0.594 e. The molecule has 1 aromatic heterocycles. The monoisotopic (exact) mass is 340 g/mol. The van der Waals surface area contributed by atoms with E-state index in [1.807, 2.05) is 30.3 Å². The Hall–Kier alpha value is -3.33. The molecule has 0 fully saturated rings. The fraction of sp³-hybridized carbons (Fsp3) is 0. The third-order valence-electron chi connectivity index (χ3n) is 2.90. The zero-order valence-electron chi connectivity index (χ0n) is 12.3. The van der Waals surface area contributed by atoms with Crippen LogP contribution in [0.25, 0.3) is 0 Å². The number of para-hydroxylation sites is 2. The largest absolute Gasteiger partial charge is 0.594 e. The molecule has 0 saturated heterocycles. The second-order valence-electron chi connectivity index (χ2n) is 4.59. The maximum atomic E-state index is 12.0. The molecule has 0 aliphatic heterocycles. The summed E-state index contributed by atoms with van der Waals surface area (Å²) in [6, 6.07) is 17.9. The molecule has 0 aliphatic rings. The van der Waals surface area contributed by atoms with Crippen molar-refractivity contribution in [3.8, 4) is 0 Å². The Kier molecular flexibility index (Phi) is 4.73. The predicted octanol–water partition coefficient (Wildman–Crippen LogP) is 3.80. The molecule has 3 aromatic rings. The molecule has 0 radical (unpaired) electrons. The third kappa shape index (κ3) is 3.90. The van der Waals surface area contributed by atoms with E-state index < -0.39 is 0 Å². The van der Waals surface area contributed by atoms with Crippen LogP contribution in [-0.4, -0.2) is 20.3 Å². The highest BCUT2D eigenvalue weighted by Crippen LogP contribution is 2.22. The van der Waals surface area contributed by atoms with E-state index in [0.29, 0.717) is 10.5 Å². The molecule has 0 atom stereocenters. The first-order valence-corrected chi connectivity index (χ1v) is 7.33. The van der Waals surface area contributed by atoms with Crippen molar-refractivity contribution < 1.29 is 9.49 Å². The number of anilines is 2. The molecule has 0 amide bonds. The molecule has 8 nitrogen and oxygen atoms in total. The zero-order valence-corrected chi connectivity index (χ0v) is 13.1. The summed E-state index contributed by atoms with van der Waals surface area (Å²) >= 11 is 5.19. The van der Waals surface area contributed by atoms with Crippen molar-refractivity contribution in [3.05, 3.63) is 65.9 Å². The van der Waals surface area contributed by atoms with Crippen LogP contribution in [0.15, 0.2) is 70.4 Å². The number of azo groups is 1. The first-order valence-electron chi connectivity index (χ1n) is 6.92. The molecule has 1 heterocycles. The van der Waals surface area contributed by atoms with Crippen molar-refractivity contribution in [3.63, 3.8) is 0 Å². The number of hydrogen-bond acceptors (Lipinski definition) is 6. The summed E-state index contributed by atoms with van der Waals surface area (Å²) in [5.74, 6) is 0.131. The second kappa shape index (κ2) is 7.29. The summed E-state index contributed by atoms with van der Waals surface area (Å²) in [5.41, 5.74) is 1.16. The lowest BCUT2D eigenvalue weighted by molar-refractivity contribution is -0.435. The number of hydrogen-bond donors (Lipinski definition) is 2. The summed E-state index contributed by atoms with van der Waals surface area (Å²) in [4.78, 5) is 0.429. The minimum absolute atomic E-state index is 0.00827. The van der Waals surface area contributed by atoms with Crippen molar-refractivity contribution in [2.45, 2.75) is 0 Å². The molecule has 0 bridgehead atoms. The van der Waals surface area contributed by atoms with Crippen LogP contribution in [0.4, 0.5) is 23.0 Å². The smallest absolute Gasteiger partial charge is 0.307 e. The van der Waals surface area contributed by atoms with Gasteiger partial charge in [-0.15, -0.1) is 0 Å². The topological polar surface area (TPSA) is 101 Å². The number of thiocarbonyl (C=S) groups is 1. The van der Waals surface area contributed by atoms with Crippen LogP contribution < -0.4 is 10.6 Å². The first kappa shape index (κ1) is 15.6. The minimum atomic E-state index is -0.00827. The van der Waals surface area contributed by atoms with Gasteiger partial charge >= 0.3 is 5.82 Å². The summed E-state index contributed by atoms with van der Waals surface area (Å²) in [6.07, 6.45) is 0. The van der Waals surface area contributed by atoms with Gasteiger partial charge in [-0.1, -0.05) is 36.4 Å². The van der Waals surface area contributed by atoms with E-state index in [1.54, 1.807) is 30.3 Å². The molecule has 2 N–H and O–H groups in total. The highest BCUT2D eigenvalue weighted by Gasteiger charge is 2.15. The molecule has 3 rings (SSSR count). The van der Waals surface area contributed by atoms with Gasteiger partial charge in [0.15, 0.2) is 5.11 Å². The van der Waals surface area contributed by atoms with Gasteiger partial charge < -0.3 is 15.8 Å². The Labute approximate surface area is 142 Å². The number of aromatic nitrogens is 2. The highest BCUT2D eigenvalue weighted by atomic mass is 32.1. The van der Waals surface area contributed by atoms with Gasteiger partial charge in [0.25, 0.3) is 0 Å². The molecule has 0 unspecified atom stereocenters. The van der Waals surface area contributed by atoms with E-state index >= 15 is 0 Å². The van der Waals surface area contributed by atoms with Crippen molar-refractivity contribution >= 4 is 40.3 Å². The van der Waals surface area contributed by atoms with E-state index in [4.69, 9.17) is 12.2 Å². The van der Waals surface area contributed by atoms with Gasteiger partial charge in [-0.3, -0.25) is 0 Å². The zero-order chi connectivity index (χ0) is 16.8. The summed E-state index contributed by atoms with van der Waals surface area (Å²) in [6.45, 7) is 0. The fourth-order valence-corrected chi connectivity index (χ4v) is 2.03. The lowest BCUT2D eigenvalue weighted by atomic mass is 10.3. The molecule has 0 saturated carbocycles. The van der Waals surface area contributed by atoms with Crippen LogP contribution >= 0.6 is 12.2 Å². The number of nitrogens with one attached hydrogen (secondary N) is 2. The van der Waals surface area contributed by atoms with Crippen molar-refractivity contribution in [1.82, 2.24) is 10.3 Å². The quantitative estimate of drug-likeness (QED) is 0.322. The van der Waals surface area contributed by atoms with E-state index in [9.17, 15) is 5.21 Å². The third-order valence-corrected chi connectivity index (χ3v) is 3.10. The van der Waals surface area contributed by atoms with Crippen LogP contribution in [0.2, 0.25) is 0 Å². The number of benzene rings is 2. The molecule has 24 heavy (non-hydrogen) atoms. The van der Waals surface area contributed by atoms with Crippen molar-refractivity contribution in [2.24, 2.45) is 5.11 Å². The standard InChI is InChI=1S/C15H12N6O2S/c22-21(12-9-5-2-6-10-12)18-14-13(19-23-20-14)17-15(24)16-11-7-3-1-4-8-11/h1-10H,(H2,16,17,19,24). The van der Waals surface area contributed by atoms with Gasteiger partial charge in [-0.25, -0.2) is 4.63 Å². The van der Waals surface area contributed by atoms with Crippen molar-refractivity contribution in [2.75, 3.05) is 10.6 Å². The predicted molar refractivity (Wildman–Crippen MR) is 92.4 cm³/mol.